The fourth-order valence-corrected chi connectivity index (χ4v) is 2.58. The summed E-state index contributed by atoms with van der Waals surface area (Å²) < 4.78 is 40.3. The SMILES string of the molecule is Cc1cccc(CNC(=O)c2cc(C)nc(Nc3ccc(F)c(F)c3F)n2)c1. The number of aromatic nitrogens is 2. The summed E-state index contributed by atoms with van der Waals surface area (Å²) in [4.78, 5) is 20.5. The average Bonchev–Trinajstić information content (AvgIpc) is 2.66. The van der Waals surface area contributed by atoms with Crippen molar-refractivity contribution in [1.29, 1.82) is 0 Å². The second-order valence-corrected chi connectivity index (χ2v) is 6.24. The molecule has 0 aliphatic carbocycles. The van der Waals surface area contributed by atoms with Gasteiger partial charge in [0.15, 0.2) is 17.5 Å². The molecule has 5 nitrogen and oxygen atoms in total. The van der Waals surface area contributed by atoms with Crippen molar-refractivity contribution in [3.8, 4) is 0 Å². The smallest absolute Gasteiger partial charge is 0.270 e. The van der Waals surface area contributed by atoms with Gasteiger partial charge in [0.05, 0.1) is 5.69 Å². The molecular formula is C20H17F3N4O. The number of nitrogens with zero attached hydrogens (tertiary/aromatic N) is 2. The highest BCUT2D eigenvalue weighted by atomic mass is 19.2. The summed E-state index contributed by atoms with van der Waals surface area (Å²) in [6.45, 7) is 3.89. The molecule has 0 unspecified atom stereocenters. The largest absolute Gasteiger partial charge is 0.347 e. The molecule has 2 aromatic carbocycles. The summed E-state index contributed by atoms with van der Waals surface area (Å²) in [5.74, 6) is -4.85. The highest BCUT2D eigenvalue weighted by Gasteiger charge is 2.16. The lowest BCUT2D eigenvalue weighted by Gasteiger charge is -2.10. The quantitative estimate of drug-likeness (QED) is 0.646. The molecule has 0 radical (unpaired) electrons. The molecule has 3 rings (SSSR count). The van der Waals surface area contributed by atoms with Gasteiger partial charge < -0.3 is 10.6 Å². The van der Waals surface area contributed by atoms with Gasteiger partial charge in [0.25, 0.3) is 5.91 Å². The first-order chi connectivity index (χ1) is 13.3. The van der Waals surface area contributed by atoms with Gasteiger partial charge in [-0.2, -0.15) is 0 Å². The van der Waals surface area contributed by atoms with Crippen molar-refractivity contribution in [2.45, 2.75) is 20.4 Å². The Morgan fingerprint density at radius 2 is 1.79 bits per heavy atom. The number of benzene rings is 2. The van der Waals surface area contributed by atoms with E-state index >= 15 is 0 Å². The molecule has 28 heavy (non-hydrogen) atoms. The van der Waals surface area contributed by atoms with E-state index in [0.717, 1.165) is 23.3 Å². The van der Waals surface area contributed by atoms with E-state index in [1.165, 1.54) is 6.07 Å². The zero-order valence-electron chi connectivity index (χ0n) is 15.2. The second-order valence-electron chi connectivity index (χ2n) is 6.24. The number of hydrogen-bond donors (Lipinski definition) is 2. The van der Waals surface area contributed by atoms with Gasteiger partial charge in [-0.3, -0.25) is 4.79 Å². The molecule has 8 heteroatoms. The maximum Gasteiger partial charge on any atom is 0.270 e. The van der Waals surface area contributed by atoms with Crippen LogP contribution in [0.4, 0.5) is 24.8 Å². The lowest BCUT2D eigenvalue weighted by atomic mass is 10.1. The Kier molecular flexibility index (Phi) is 5.58. The van der Waals surface area contributed by atoms with Crippen LogP contribution in [0.1, 0.15) is 27.3 Å². The molecule has 2 N–H and O–H groups in total. The molecule has 0 aliphatic rings. The van der Waals surface area contributed by atoms with Gasteiger partial charge in [0.2, 0.25) is 5.95 Å². The first-order valence-electron chi connectivity index (χ1n) is 8.43. The van der Waals surface area contributed by atoms with Crippen LogP contribution in [0.3, 0.4) is 0 Å². The lowest BCUT2D eigenvalue weighted by Crippen LogP contribution is -2.24. The number of nitrogens with one attached hydrogen (secondary N) is 2. The zero-order chi connectivity index (χ0) is 20.3. The highest BCUT2D eigenvalue weighted by Crippen LogP contribution is 2.22. The number of amides is 1. The third-order valence-electron chi connectivity index (χ3n) is 3.90. The van der Waals surface area contributed by atoms with E-state index in [2.05, 4.69) is 20.6 Å². The van der Waals surface area contributed by atoms with Crippen molar-refractivity contribution >= 4 is 17.5 Å². The van der Waals surface area contributed by atoms with Gasteiger partial charge in [-0.1, -0.05) is 29.8 Å². The van der Waals surface area contributed by atoms with Gasteiger partial charge >= 0.3 is 0 Å². The van der Waals surface area contributed by atoms with E-state index in [1.807, 2.05) is 31.2 Å². The standard InChI is InChI=1S/C20H17F3N4O/c1-11-4-3-5-13(8-11)10-24-19(28)16-9-12(2)25-20(27-16)26-15-7-6-14(21)17(22)18(15)23/h3-9H,10H2,1-2H3,(H,24,28)(H,25,26,27). The molecule has 144 valence electrons. The van der Waals surface area contributed by atoms with Crippen LogP contribution in [0.5, 0.6) is 0 Å². The first-order valence-corrected chi connectivity index (χ1v) is 8.43. The average molecular weight is 386 g/mol. The van der Waals surface area contributed by atoms with Crippen LogP contribution in [-0.4, -0.2) is 15.9 Å². The van der Waals surface area contributed by atoms with E-state index < -0.39 is 23.4 Å². The number of halogens is 3. The molecule has 0 fully saturated rings. The summed E-state index contributed by atoms with van der Waals surface area (Å²) in [7, 11) is 0. The molecule has 0 saturated heterocycles. The van der Waals surface area contributed by atoms with Crippen molar-refractivity contribution in [2.24, 2.45) is 0 Å². The highest BCUT2D eigenvalue weighted by molar-refractivity contribution is 5.92. The molecule has 0 atom stereocenters. The van der Waals surface area contributed by atoms with Crippen molar-refractivity contribution in [3.05, 3.63) is 82.4 Å². The Morgan fingerprint density at radius 3 is 2.54 bits per heavy atom. The van der Waals surface area contributed by atoms with Crippen LogP contribution in [-0.2, 0) is 6.54 Å². The van der Waals surface area contributed by atoms with Crippen LogP contribution < -0.4 is 10.6 Å². The van der Waals surface area contributed by atoms with Crippen molar-refractivity contribution in [1.82, 2.24) is 15.3 Å². The second kappa shape index (κ2) is 8.08. The molecule has 1 heterocycles. The van der Waals surface area contributed by atoms with Gasteiger partial charge in [0, 0.05) is 12.2 Å². The van der Waals surface area contributed by atoms with Gasteiger partial charge in [-0.25, -0.2) is 23.1 Å². The predicted molar refractivity (Wildman–Crippen MR) is 98.7 cm³/mol. The maximum atomic E-state index is 13.8. The molecule has 0 aliphatic heterocycles. The molecule has 0 saturated carbocycles. The van der Waals surface area contributed by atoms with E-state index in [-0.39, 0.29) is 17.3 Å². The Labute approximate surface area is 159 Å². The number of carbonyl (C=O) groups excluding carboxylic acids is 1. The topological polar surface area (TPSA) is 66.9 Å². The summed E-state index contributed by atoms with van der Waals surface area (Å²) in [5.41, 5.74) is 2.17. The maximum absolute atomic E-state index is 13.8. The van der Waals surface area contributed by atoms with Crippen LogP contribution in [0.2, 0.25) is 0 Å². The molecular weight excluding hydrogens is 369 g/mol. The first kappa shape index (κ1) is 19.3. The monoisotopic (exact) mass is 386 g/mol. The summed E-state index contributed by atoms with van der Waals surface area (Å²) in [6, 6.07) is 11.0. The molecule has 0 spiro atoms. The molecule has 1 aromatic heterocycles. The molecule has 0 bridgehead atoms. The summed E-state index contributed by atoms with van der Waals surface area (Å²) >= 11 is 0. The van der Waals surface area contributed by atoms with Crippen molar-refractivity contribution in [3.63, 3.8) is 0 Å². The van der Waals surface area contributed by atoms with Crippen LogP contribution >= 0.6 is 0 Å². The summed E-state index contributed by atoms with van der Waals surface area (Å²) in [6.07, 6.45) is 0. The fraction of sp³-hybridized carbons (Fsp3) is 0.150. The van der Waals surface area contributed by atoms with Crippen LogP contribution in [0.25, 0.3) is 0 Å². The van der Waals surface area contributed by atoms with Gasteiger partial charge in [0.1, 0.15) is 5.69 Å². The molecule has 3 aromatic rings. The Bertz CT molecular complexity index is 1040. The predicted octanol–water partition coefficient (Wildman–Crippen LogP) is 4.18. The number of hydrogen-bond acceptors (Lipinski definition) is 4. The normalized spacial score (nSPS) is 10.6. The Hall–Kier alpha value is -3.42. The Morgan fingerprint density at radius 1 is 1.00 bits per heavy atom. The van der Waals surface area contributed by atoms with E-state index in [0.29, 0.717) is 12.2 Å². The fourth-order valence-electron chi connectivity index (χ4n) is 2.58. The summed E-state index contributed by atoms with van der Waals surface area (Å²) in [5, 5.41) is 5.22. The third kappa shape index (κ3) is 4.46. The van der Waals surface area contributed by atoms with Crippen molar-refractivity contribution in [2.75, 3.05) is 5.32 Å². The van der Waals surface area contributed by atoms with Crippen LogP contribution in [0, 0.1) is 31.3 Å². The minimum Gasteiger partial charge on any atom is -0.347 e. The number of aryl methyl sites for hydroxylation is 2. The van der Waals surface area contributed by atoms with E-state index in [9.17, 15) is 18.0 Å². The van der Waals surface area contributed by atoms with E-state index in [4.69, 9.17) is 0 Å². The van der Waals surface area contributed by atoms with Crippen LogP contribution in [0.15, 0.2) is 42.5 Å². The number of anilines is 2. The van der Waals surface area contributed by atoms with Gasteiger partial charge in [-0.05, 0) is 37.6 Å². The van der Waals surface area contributed by atoms with Gasteiger partial charge in [-0.15, -0.1) is 0 Å². The van der Waals surface area contributed by atoms with E-state index in [1.54, 1.807) is 6.92 Å². The minimum absolute atomic E-state index is 0.0608. The number of carbonyl (C=O) groups is 1. The minimum atomic E-state index is -1.60. The molecule has 1 amide bonds. The van der Waals surface area contributed by atoms with Crippen molar-refractivity contribution < 1.29 is 18.0 Å². The lowest BCUT2D eigenvalue weighted by molar-refractivity contribution is 0.0945. The third-order valence-corrected chi connectivity index (χ3v) is 3.90. The zero-order valence-corrected chi connectivity index (χ0v) is 15.2. The number of rotatable bonds is 5. The Balaban J connectivity index is 1.77.